The van der Waals surface area contributed by atoms with E-state index in [-0.39, 0.29) is 6.61 Å². The molecule has 2 aromatic rings. The zero-order valence-corrected chi connectivity index (χ0v) is 19.6. The molecule has 6 N–H and O–H groups in total. The molecule has 1 heterocycles. The fourth-order valence-electron chi connectivity index (χ4n) is 3.95. The predicted octanol–water partition coefficient (Wildman–Crippen LogP) is -0.210. The number of benzene rings is 2. The highest BCUT2D eigenvalue weighted by atomic mass is 16.7. The van der Waals surface area contributed by atoms with E-state index in [9.17, 15) is 34.8 Å². The minimum atomic E-state index is -2.37. The van der Waals surface area contributed by atoms with Gasteiger partial charge in [-0.2, -0.15) is 0 Å². The van der Waals surface area contributed by atoms with Crippen LogP contribution in [0.1, 0.15) is 29.3 Å². The molecule has 2 aromatic carbocycles. The van der Waals surface area contributed by atoms with Crippen LogP contribution >= 0.6 is 0 Å². The van der Waals surface area contributed by atoms with Crippen LogP contribution in [0.3, 0.4) is 0 Å². The molecule has 1 aliphatic heterocycles. The zero-order valence-electron chi connectivity index (χ0n) is 19.6. The molecule has 0 aliphatic carbocycles. The topological polar surface area (TPSA) is 175 Å². The average molecular weight is 503 g/mol. The van der Waals surface area contributed by atoms with Crippen LogP contribution < -0.4 is 10.6 Å². The Morgan fingerprint density at radius 1 is 1.08 bits per heavy atom. The number of hydrogen-bond acceptors (Lipinski definition) is 8. The molecule has 1 saturated heterocycles. The molecule has 1 aliphatic rings. The van der Waals surface area contributed by atoms with Crippen LogP contribution in [-0.4, -0.2) is 81.0 Å². The summed E-state index contributed by atoms with van der Waals surface area (Å²) < 4.78 is 11.3. The molecule has 2 amide bonds. The van der Waals surface area contributed by atoms with Gasteiger partial charge in [0.2, 0.25) is 5.91 Å². The third kappa shape index (κ3) is 6.65. The number of aliphatic hydroxyl groups excluding tert-OH is 3. The van der Waals surface area contributed by atoms with Crippen molar-refractivity contribution >= 4 is 17.8 Å². The van der Waals surface area contributed by atoms with E-state index in [1.807, 2.05) is 0 Å². The number of amides is 2. The van der Waals surface area contributed by atoms with Gasteiger partial charge in [-0.25, -0.2) is 4.79 Å². The second-order valence-corrected chi connectivity index (χ2v) is 8.55. The van der Waals surface area contributed by atoms with Gasteiger partial charge in [-0.1, -0.05) is 48.5 Å². The maximum Gasteiger partial charge on any atom is 0.364 e. The van der Waals surface area contributed by atoms with Crippen molar-refractivity contribution < 1.29 is 44.3 Å². The third-order valence-electron chi connectivity index (χ3n) is 5.82. The van der Waals surface area contributed by atoms with E-state index in [0.717, 1.165) is 0 Å². The summed E-state index contributed by atoms with van der Waals surface area (Å²) in [6.45, 7) is 0.587. The Morgan fingerprint density at radius 2 is 1.69 bits per heavy atom. The summed E-state index contributed by atoms with van der Waals surface area (Å²) in [5, 5.41) is 47.1. The number of nitrogens with one attached hydrogen (secondary N) is 2. The van der Waals surface area contributed by atoms with E-state index < -0.39 is 67.0 Å². The summed E-state index contributed by atoms with van der Waals surface area (Å²) in [6, 6.07) is 15.6. The Balaban J connectivity index is 1.78. The second-order valence-electron chi connectivity index (χ2n) is 8.55. The van der Waals surface area contributed by atoms with Crippen molar-refractivity contribution in [2.75, 3.05) is 6.54 Å². The number of carboxylic acids is 1. The molecule has 0 radical (unpaired) electrons. The Labute approximate surface area is 207 Å². The highest BCUT2D eigenvalue weighted by Crippen LogP contribution is 2.34. The molecule has 0 bridgehead atoms. The van der Waals surface area contributed by atoms with E-state index >= 15 is 0 Å². The molecule has 36 heavy (non-hydrogen) atoms. The van der Waals surface area contributed by atoms with Gasteiger partial charge in [0.25, 0.3) is 11.7 Å². The largest absolute Gasteiger partial charge is 0.477 e. The van der Waals surface area contributed by atoms with Gasteiger partial charge < -0.3 is 40.5 Å². The first-order valence-electron chi connectivity index (χ1n) is 11.4. The van der Waals surface area contributed by atoms with Gasteiger partial charge in [0.1, 0.15) is 12.2 Å². The summed E-state index contributed by atoms with van der Waals surface area (Å²) in [6.07, 6.45) is -7.09. The van der Waals surface area contributed by atoms with Crippen molar-refractivity contribution in [3.05, 3.63) is 71.8 Å². The highest BCUT2D eigenvalue weighted by Gasteiger charge is 2.55. The van der Waals surface area contributed by atoms with E-state index in [1.165, 1.54) is 6.92 Å². The van der Waals surface area contributed by atoms with Gasteiger partial charge in [0.15, 0.2) is 0 Å². The summed E-state index contributed by atoms with van der Waals surface area (Å²) in [7, 11) is 0. The predicted molar refractivity (Wildman–Crippen MR) is 125 cm³/mol. The molecule has 0 spiro atoms. The third-order valence-corrected chi connectivity index (χ3v) is 5.82. The molecule has 11 heteroatoms. The molecule has 11 nitrogen and oxygen atoms in total. The van der Waals surface area contributed by atoms with Crippen LogP contribution in [0.25, 0.3) is 0 Å². The van der Waals surface area contributed by atoms with Crippen molar-refractivity contribution in [2.45, 2.75) is 56.2 Å². The Morgan fingerprint density at radius 3 is 2.28 bits per heavy atom. The van der Waals surface area contributed by atoms with E-state index in [1.54, 1.807) is 60.7 Å². The quantitative estimate of drug-likeness (QED) is 0.257. The standard InChI is InChI=1S/C25H30N2O9/c1-15(28)27-20-18(29)12-25(24(33)34,35-14-16-8-4-2-5-9-16)36-22(20)21(31)19(30)13-26-23(32)17-10-6-3-7-11-17/h2-11,18-22,29-31H,12-14H2,1H3,(H,26,32)(H,27,28)(H,33,34)/t18-,19+,20+,21-,22+,25+/m0/s1. The monoisotopic (exact) mass is 502 g/mol. The lowest BCUT2D eigenvalue weighted by Gasteiger charge is -2.46. The minimum Gasteiger partial charge on any atom is -0.477 e. The molecule has 0 saturated carbocycles. The minimum absolute atomic E-state index is 0.177. The molecular weight excluding hydrogens is 472 g/mol. The molecular formula is C25H30N2O9. The number of carbonyl (C=O) groups is 3. The lowest BCUT2D eigenvalue weighted by atomic mass is 9.88. The van der Waals surface area contributed by atoms with E-state index in [2.05, 4.69) is 10.6 Å². The summed E-state index contributed by atoms with van der Waals surface area (Å²) in [4.78, 5) is 36.3. The smallest absolute Gasteiger partial charge is 0.364 e. The van der Waals surface area contributed by atoms with Gasteiger partial charge in [-0.3, -0.25) is 9.59 Å². The zero-order chi connectivity index (χ0) is 26.3. The molecule has 1 fully saturated rings. The first-order chi connectivity index (χ1) is 17.1. The summed E-state index contributed by atoms with van der Waals surface area (Å²) in [5.41, 5.74) is 0.972. The van der Waals surface area contributed by atoms with E-state index in [0.29, 0.717) is 11.1 Å². The fourth-order valence-corrected chi connectivity index (χ4v) is 3.95. The van der Waals surface area contributed by atoms with Crippen molar-refractivity contribution in [3.8, 4) is 0 Å². The SMILES string of the molecule is CC(=O)N[C@H]1[C@H]([C@@H](O)[C@H](O)CNC(=O)c2ccccc2)O[C@@](OCc2ccccc2)(C(=O)O)C[C@@H]1O. The number of aliphatic carboxylic acids is 1. The second kappa shape index (κ2) is 12.1. The van der Waals surface area contributed by atoms with Crippen LogP contribution in [0.5, 0.6) is 0 Å². The molecule has 194 valence electrons. The van der Waals surface area contributed by atoms with Crippen LogP contribution in [-0.2, 0) is 25.7 Å². The van der Waals surface area contributed by atoms with Crippen LogP contribution in [0, 0.1) is 0 Å². The number of carbonyl (C=O) groups excluding carboxylic acids is 2. The van der Waals surface area contributed by atoms with Crippen LogP contribution in [0.2, 0.25) is 0 Å². The van der Waals surface area contributed by atoms with Gasteiger partial charge in [0.05, 0.1) is 24.9 Å². The Bertz CT molecular complexity index is 1040. The van der Waals surface area contributed by atoms with E-state index in [4.69, 9.17) is 9.47 Å². The van der Waals surface area contributed by atoms with Gasteiger partial charge in [-0.15, -0.1) is 0 Å². The van der Waals surface area contributed by atoms with Crippen LogP contribution in [0.4, 0.5) is 0 Å². The number of rotatable bonds is 10. The number of carboxylic acid groups (broad SMARTS) is 1. The highest BCUT2D eigenvalue weighted by molar-refractivity contribution is 5.94. The maximum absolute atomic E-state index is 12.3. The Kier molecular flexibility index (Phi) is 9.13. The summed E-state index contributed by atoms with van der Waals surface area (Å²) >= 11 is 0. The lowest BCUT2D eigenvalue weighted by Crippen LogP contribution is -2.68. The molecule has 0 unspecified atom stereocenters. The first kappa shape index (κ1) is 27.2. The maximum atomic E-state index is 12.3. The summed E-state index contributed by atoms with van der Waals surface area (Å²) in [5.74, 6) is -5.00. The van der Waals surface area contributed by atoms with Gasteiger partial charge in [-0.05, 0) is 17.7 Å². The van der Waals surface area contributed by atoms with Gasteiger partial charge in [0, 0.05) is 25.5 Å². The average Bonchev–Trinajstić information content (AvgIpc) is 2.87. The van der Waals surface area contributed by atoms with Crippen LogP contribution in [0.15, 0.2) is 60.7 Å². The Hall–Kier alpha value is -3.35. The molecule has 3 rings (SSSR count). The number of ether oxygens (including phenoxy) is 2. The van der Waals surface area contributed by atoms with Gasteiger partial charge >= 0.3 is 5.97 Å². The normalized spacial score (nSPS) is 25.4. The van der Waals surface area contributed by atoms with Crippen molar-refractivity contribution in [2.24, 2.45) is 0 Å². The molecule has 6 atom stereocenters. The van der Waals surface area contributed by atoms with Crippen molar-refractivity contribution in [1.29, 1.82) is 0 Å². The number of aliphatic hydroxyl groups is 3. The lowest BCUT2D eigenvalue weighted by molar-refractivity contribution is -0.314. The first-order valence-corrected chi connectivity index (χ1v) is 11.4. The van der Waals surface area contributed by atoms with Crippen molar-refractivity contribution in [1.82, 2.24) is 10.6 Å². The fraction of sp³-hybridized carbons (Fsp3) is 0.400. The number of hydrogen-bond donors (Lipinski definition) is 6. The van der Waals surface area contributed by atoms with Crippen molar-refractivity contribution in [3.63, 3.8) is 0 Å². The molecule has 0 aromatic heterocycles.